The molecule has 1 aliphatic heterocycles. The molecule has 2 atom stereocenters. The summed E-state index contributed by atoms with van der Waals surface area (Å²) < 4.78 is 11.5. The molecule has 5 heteroatoms. The van der Waals surface area contributed by atoms with E-state index in [1.165, 1.54) is 0 Å². The smallest absolute Gasteiger partial charge is 0.121 e. The Morgan fingerprint density at radius 3 is 2.78 bits per heavy atom. The Labute approximate surface area is 117 Å². The molecule has 1 aromatic carbocycles. The van der Waals surface area contributed by atoms with E-state index in [9.17, 15) is 0 Å². The predicted molar refractivity (Wildman–Crippen MR) is 73.8 cm³/mol. The van der Waals surface area contributed by atoms with Crippen molar-refractivity contribution < 1.29 is 9.47 Å². The third-order valence-corrected chi connectivity index (χ3v) is 3.69. The highest BCUT2D eigenvalue weighted by atomic mass is 35.5. The van der Waals surface area contributed by atoms with Crippen molar-refractivity contribution in [1.82, 2.24) is 5.32 Å². The molecule has 1 aliphatic rings. The fraction of sp³-hybridized carbons (Fsp3) is 0.538. The normalized spacial score (nSPS) is 23.3. The fourth-order valence-electron chi connectivity index (χ4n) is 2.04. The minimum absolute atomic E-state index is 0.165. The number of hydrogen-bond acceptors (Lipinski definition) is 3. The Morgan fingerprint density at radius 2 is 2.06 bits per heavy atom. The van der Waals surface area contributed by atoms with Crippen molar-refractivity contribution in [1.29, 1.82) is 0 Å². The number of nitrogens with one attached hydrogen (secondary N) is 1. The summed E-state index contributed by atoms with van der Waals surface area (Å²) in [5.41, 5.74) is 0. The van der Waals surface area contributed by atoms with Crippen molar-refractivity contribution in [2.75, 3.05) is 20.2 Å². The van der Waals surface area contributed by atoms with E-state index in [0.29, 0.717) is 22.8 Å². The van der Waals surface area contributed by atoms with Crippen LogP contribution in [0.15, 0.2) is 18.2 Å². The van der Waals surface area contributed by atoms with E-state index >= 15 is 0 Å². The first kappa shape index (κ1) is 13.9. The van der Waals surface area contributed by atoms with Gasteiger partial charge in [-0.2, -0.15) is 0 Å². The van der Waals surface area contributed by atoms with Gasteiger partial charge in [0.25, 0.3) is 0 Å². The van der Waals surface area contributed by atoms with E-state index in [-0.39, 0.29) is 6.10 Å². The van der Waals surface area contributed by atoms with Gasteiger partial charge in [-0.3, -0.25) is 0 Å². The summed E-state index contributed by atoms with van der Waals surface area (Å²) in [6.07, 6.45) is 2.58. The summed E-state index contributed by atoms with van der Waals surface area (Å²) >= 11 is 11.8. The summed E-state index contributed by atoms with van der Waals surface area (Å²) in [7, 11) is 1.93. The van der Waals surface area contributed by atoms with Gasteiger partial charge in [0.15, 0.2) is 0 Å². The quantitative estimate of drug-likeness (QED) is 0.903. The molecule has 18 heavy (non-hydrogen) atoms. The standard InChI is InChI=1S/C13H17Cl2NO2/c1-16-7-10-2-3-11(18-10)8-17-9-4-5-12(14)13(15)6-9/h4-6,10-11,16H,2-3,7-8H2,1H3. The number of rotatable bonds is 5. The van der Waals surface area contributed by atoms with Crippen LogP contribution in [0, 0.1) is 0 Å². The van der Waals surface area contributed by atoms with Gasteiger partial charge in [0, 0.05) is 12.6 Å². The van der Waals surface area contributed by atoms with Gasteiger partial charge in [0.2, 0.25) is 0 Å². The molecular weight excluding hydrogens is 273 g/mol. The number of likely N-dealkylation sites (N-methyl/N-ethyl adjacent to an activating group) is 1. The average molecular weight is 290 g/mol. The molecule has 0 aromatic heterocycles. The SMILES string of the molecule is CNCC1CCC(COc2ccc(Cl)c(Cl)c2)O1. The van der Waals surface area contributed by atoms with Gasteiger partial charge in [0.1, 0.15) is 12.4 Å². The van der Waals surface area contributed by atoms with E-state index in [0.717, 1.165) is 25.1 Å². The fourth-order valence-corrected chi connectivity index (χ4v) is 2.32. The lowest BCUT2D eigenvalue weighted by Gasteiger charge is -2.14. The summed E-state index contributed by atoms with van der Waals surface area (Å²) in [6, 6.07) is 5.27. The molecule has 1 saturated heterocycles. The van der Waals surface area contributed by atoms with Gasteiger partial charge in [-0.15, -0.1) is 0 Å². The average Bonchev–Trinajstić information content (AvgIpc) is 2.79. The number of ether oxygens (including phenoxy) is 2. The molecule has 2 unspecified atom stereocenters. The summed E-state index contributed by atoms with van der Waals surface area (Å²) in [5.74, 6) is 0.727. The number of benzene rings is 1. The maximum Gasteiger partial charge on any atom is 0.121 e. The first-order chi connectivity index (χ1) is 8.69. The van der Waals surface area contributed by atoms with Crippen LogP contribution in [0.5, 0.6) is 5.75 Å². The first-order valence-electron chi connectivity index (χ1n) is 6.07. The van der Waals surface area contributed by atoms with Gasteiger partial charge >= 0.3 is 0 Å². The molecule has 3 nitrogen and oxygen atoms in total. The zero-order chi connectivity index (χ0) is 13.0. The molecule has 0 spiro atoms. The lowest BCUT2D eigenvalue weighted by Crippen LogP contribution is -2.25. The molecule has 0 saturated carbocycles. The van der Waals surface area contributed by atoms with Crippen LogP contribution < -0.4 is 10.1 Å². The van der Waals surface area contributed by atoms with Crippen molar-refractivity contribution in [3.8, 4) is 5.75 Å². The molecule has 2 rings (SSSR count). The largest absolute Gasteiger partial charge is 0.491 e. The van der Waals surface area contributed by atoms with Crippen molar-refractivity contribution in [3.63, 3.8) is 0 Å². The van der Waals surface area contributed by atoms with Gasteiger partial charge in [-0.1, -0.05) is 23.2 Å². The predicted octanol–water partition coefficient (Wildman–Crippen LogP) is 3.14. The van der Waals surface area contributed by atoms with Crippen LogP contribution in [0.1, 0.15) is 12.8 Å². The van der Waals surface area contributed by atoms with Gasteiger partial charge in [-0.25, -0.2) is 0 Å². The molecule has 0 radical (unpaired) electrons. The van der Waals surface area contributed by atoms with Crippen molar-refractivity contribution >= 4 is 23.2 Å². The maximum atomic E-state index is 5.92. The highest BCUT2D eigenvalue weighted by molar-refractivity contribution is 6.42. The Bertz CT molecular complexity index is 401. The summed E-state index contributed by atoms with van der Waals surface area (Å²) in [5, 5.41) is 4.17. The molecule has 1 fully saturated rings. The molecule has 0 aliphatic carbocycles. The van der Waals surface area contributed by atoms with Crippen LogP contribution in [0.3, 0.4) is 0 Å². The summed E-state index contributed by atoms with van der Waals surface area (Å²) in [4.78, 5) is 0. The van der Waals surface area contributed by atoms with Crippen LogP contribution in [0.25, 0.3) is 0 Å². The third-order valence-electron chi connectivity index (χ3n) is 2.95. The second-order valence-corrected chi connectivity index (χ2v) is 5.22. The molecule has 1 N–H and O–H groups in total. The zero-order valence-corrected chi connectivity index (χ0v) is 11.8. The maximum absolute atomic E-state index is 5.92. The Hall–Kier alpha value is -0.480. The van der Waals surface area contributed by atoms with Crippen LogP contribution in [0.2, 0.25) is 10.0 Å². The van der Waals surface area contributed by atoms with Crippen LogP contribution in [0.4, 0.5) is 0 Å². The number of hydrogen-bond donors (Lipinski definition) is 1. The van der Waals surface area contributed by atoms with Crippen LogP contribution >= 0.6 is 23.2 Å². The molecule has 1 aromatic rings. The van der Waals surface area contributed by atoms with Crippen molar-refractivity contribution in [2.24, 2.45) is 0 Å². The minimum atomic E-state index is 0.165. The Balaban J connectivity index is 1.80. The lowest BCUT2D eigenvalue weighted by atomic mass is 10.2. The van der Waals surface area contributed by atoms with Gasteiger partial charge < -0.3 is 14.8 Å². The molecular formula is C13H17Cl2NO2. The molecule has 100 valence electrons. The van der Waals surface area contributed by atoms with Crippen LogP contribution in [-0.4, -0.2) is 32.4 Å². The highest BCUT2D eigenvalue weighted by Crippen LogP contribution is 2.27. The zero-order valence-electron chi connectivity index (χ0n) is 10.3. The second kappa shape index (κ2) is 6.62. The van der Waals surface area contributed by atoms with E-state index < -0.39 is 0 Å². The lowest BCUT2D eigenvalue weighted by molar-refractivity contribution is 0.0193. The number of halogens is 2. The van der Waals surface area contributed by atoms with E-state index in [1.54, 1.807) is 12.1 Å². The molecule has 0 amide bonds. The van der Waals surface area contributed by atoms with Gasteiger partial charge in [-0.05, 0) is 32.0 Å². The van der Waals surface area contributed by atoms with Crippen molar-refractivity contribution in [2.45, 2.75) is 25.0 Å². The van der Waals surface area contributed by atoms with Crippen molar-refractivity contribution in [3.05, 3.63) is 28.2 Å². The molecule has 1 heterocycles. The minimum Gasteiger partial charge on any atom is -0.491 e. The Morgan fingerprint density at radius 1 is 1.28 bits per heavy atom. The monoisotopic (exact) mass is 289 g/mol. The Kier molecular flexibility index (Phi) is 5.13. The van der Waals surface area contributed by atoms with E-state index in [4.69, 9.17) is 32.7 Å². The topological polar surface area (TPSA) is 30.5 Å². The first-order valence-corrected chi connectivity index (χ1v) is 6.82. The third kappa shape index (κ3) is 3.75. The van der Waals surface area contributed by atoms with E-state index in [2.05, 4.69) is 5.32 Å². The molecule has 0 bridgehead atoms. The van der Waals surface area contributed by atoms with Crippen LogP contribution in [-0.2, 0) is 4.74 Å². The van der Waals surface area contributed by atoms with E-state index in [1.807, 2.05) is 13.1 Å². The summed E-state index contributed by atoms with van der Waals surface area (Å²) in [6.45, 7) is 1.45. The van der Waals surface area contributed by atoms with Gasteiger partial charge in [0.05, 0.1) is 22.3 Å². The highest BCUT2D eigenvalue weighted by Gasteiger charge is 2.25. The second-order valence-electron chi connectivity index (χ2n) is 4.40.